The minimum absolute atomic E-state index is 0.0273. The Kier molecular flexibility index (Phi) is 2.78. The average molecular weight is 264 g/mol. The van der Waals surface area contributed by atoms with E-state index in [4.69, 9.17) is 11.6 Å². The van der Waals surface area contributed by atoms with Gasteiger partial charge in [0, 0.05) is 12.0 Å². The second kappa shape index (κ2) is 4.32. The maximum absolute atomic E-state index is 12.2. The van der Waals surface area contributed by atoms with Crippen molar-refractivity contribution in [3.63, 3.8) is 0 Å². The van der Waals surface area contributed by atoms with Crippen LogP contribution in [0.25, 0.3) is 0 Å². The Bertz CT molecular complexity index is 527. The van der Waals surface area contributed by atoms with Crippen molar-refractivity contribution in [1.82, 2.24) is 0 Å². The number of phenols is 1. The lowest BCUT2D eigenvalue weighted by molar-refractivity contribution is -0.120. The topological polar surface area (TPSA) is 49.3 Å². The molecule has 0 heterocycles. The summed E-state index contributed by atoms with van der Waals surface area (Å²) in [6.45, 7) is 0. The Morgan fingerprint density at radius 1 is 1.33 bits per heavy atom. The number of hydrogen-bond donors (Lipinski definition) is 2. The number of amides is 1. The van der Waals surface area contributed by atoms with Crippen molar-refractivity contribution in [2.75, 3.05) is 5.32 Å². The van der Waals surface area contributed by atoms with Gasteiger partial charge in [0.15, 0.2) is 0 Å². The van der Waals surface area contributed by atoms with Crippen LogP contribution in [0.4, 0.5) is 5.69 Å². The SMILES string of the molecule is O=C(Nc1ccc(O)cc1Cl)C1CC2C=CC1C2. The maximum Gasteiger partial charge on any atom is 0.228 e. The molecule has 2 bridgehead atoms. The van der Waals surface area contributed by atoms with Gasteiger partial charge in [0.2, 0.25) is 5.91 Å². The smallest absolute Gasteiger partial charge is 0.228 e. The third kappa shape index (κ3) is 1.99. The molecule has 2 aliphatic carbocycles. The highest BCUT2D eigenvalue weighted by Crippen LogP contribution is 2.44. The Morgan fingerprint density at radius 2 is 2.17 bits per heavy atom. The minimum atomic E-state index is 0.0273. The summed E-state index contributed by atoms with van der Waals surface area (Å²) in [5.41, 5.74) is 0.561. The van der Waals surface area contributed by atoms with Crippen LogP contribution in [0, 0.1) is 17.8 Å². The molecule has 1 aromatic carbocycles. The molecule has 0 spiro atoms. The first-order valence-electron chi connectivity index (χ1n) is 6.11. The molecule has 3 unspecified atom stereocenters. The van der Waals surface area contributed by atoms with Gasteiger partial charge < -0.3 is 10.4 Å². The van der Waals surface area contributed by atoms with Gasteiger partial charge in [-0.25, -0.2) is 0 Å². The average Bonchev–Trinajstić information content (AvgIpc) is 2.94. The predicted octanol–water partition coefficient (Wildman–Crippen LogP) is 3.20. The number of aromatic hydroxyl groups is 1. The lowest BCUT2D eigenvalue weighted by atomic mass is 9.93. The molecule has 1 fully saturated rings. The molecule has 3 nitrogen and oxygen atoms in total. The fourth-order valence-corrected chi connectivity index (χ4v) is 3.14. The van der Waals surface area contributed by atoms with E-state index in [1.807, 2.05) is 0 Å². The van der Waals surface area contributed by atoms with Crippen LogP contribution in [-0.2, 0) is 4.79 Å². The van der Waals surface area contributed by atoms with Gasteiger partial charge in [-0.2, -0.15) is 0 Å². The first-order chi connectivity index (χ1) is 8.63. The molecule has 94 valence electrons. The third-order valence-corrected chi connectivity index (χ3v) is 4.14. The summed E-state index contributed by atoms with van der Waals surface area (Å²) < 4.78 is 0. The molecule has 1 aromatic rings. The second-order valence-corrected chi connectivity index (χ2v) is 5.45. The Morgan fingerprint density at radius 3 is 2.78 bits per heavy atom. The third-order valence-electron chi connectivity index (χ3n) is 3.83. The molecular weight excluding hydrogens is 250 g/mol. The Balaban J connectivity index is 1.73. The molecule has 0 aliphatic heterocycles. The molecular formula is C14H14ClNO2. The number of carbonyl (C=O) groups excluding carboxylic acids is 1. The number of carbonyl (C=O) groups is 1. The highest BCUT2D eigenvalue weighted by atomic mass is 35.5. The second-order valence-electron chi connectivity index (χ2n) is 5.04. The highest BCUT2D eigenvalue weighted by molar-refractivity contribution is 6.33. The van der Waals surface area contributed by atoms with Gasteiger partial charge in [-0.1, -0.05) is 23.8 Å². The molecule has 1 amide bonds. The van der Waals surface area contributed by atoms with E-state index in [-0.39, 0.29) is 17.6 Å². The van der Waals surface area contributed by atoms with Crippen molar-refractivity contribution in [3.05, 3.63) is 35.4 Å². The first-order valence-corrected chi connectivity index (χ1v) is 6.49. The number of halogens is 1. The van der Waals surface area contributed by atoms with Crippen molar-refractivity contribution in [1.29, 1.82) is 0 Å². The van der Waals surface area contributed by atoms with Gasteiger partial charge in [0.25, 0.3) is 0 Å². The van der Waals surface area contributed by atoms with E-state index >= 15 is 0 Å². The summed E-state index contributed by atoms with van der Waals surface area (Å²) >= 11 is 5.97. The number of phenolic OH excluding ortho intramolecular Hbond substituents is 1. The van der Waals surface area contributed by atoms with E-state index in [2.05, 4.69) is 17.5 Å². The van der Waals surface area contributed by atoms with Gasteiger partial charge in [0.1, 0.15) is 5.75 Å². The van der Waals surface area contributed by atoms with Crippen LogP contribution in [0.5, 0.6) is 5.75 Å². The van der Waals surface area contributed by atoms with E-state index in [9.17, 15) is 9.90 Å². The fraction of sp³-hybridized carbons (Fsp3) is 0.357. The van der Waals surface area contributed by atoms with Crippen LogP contribution < -0.4 is 5.32 Å². The van der Waals surface area contributed by atoms with Gasteiger partial charge in [-0.3, -0.25) is 4.79 Å². The normalized spacial score (nSPS) is 28.6. The zero-order valence-electron chi connectivity index (χ0n) is 9.77. The molecule has 1 saturated carbocycles. The highest BCUT2D eigenvalue weighted by Gasteiger charge is 2.39. The summed E-state index contributed by atoms with van der Waals surface area (Å²) in [6.07, 6.45) is 6.39. The van der Waals surface area contributed by atoms with Crippen molar-refractivity contribution in [3.8, 4) is 5.75 Å². The predicted molar refractivity (Wildman–Crippen MR) is 70.6 cm³/mol. The van der Waals surface area contributed by atoms with Crippen molar-refractivity contribution >= 4 is 23.2 Å². The van der Waals surface area contributed by atoms with Crippen molar-refractivity contribution in [2.24, 2.45) is 17.8 Å². The van der Waals surface area contributed by atoms with Crippen LogP contribution >= 0.6 is 11.6 Å². The monoisotopic (exact) mass is 263 g/mol. The van der Waals surface area contributed by atoms with Crippen LogP contribution in [0.3, 0.4) is 0 Å². The Labute approximate surface area is 110 Å². The largest absolute Gasteiger partial charge is 0.508 e. The maximum atomic E-state index is 12.2. The molecule has 3 atom stereocenters. The van der Waals surface area contributed by atoms with Crippen LogP contribution in [0.1, 0.15) is 12.8 Å². The zero-order chi connectivity index (χ0) is 12.7. The van der Waals surface area contributed by atoms with Gasteiger partial charge in [0.05, 0.1) is 10.7 Å². The van der Waals surface area contributed by atoms with Crippen LogP contribution in [0.15, 0.2) is 30.4 Å². The summed E-state index contributed by atoms with van der Waals surface area (Å²) in [6, 6.07) is 4.57. The van der Waals surface area contributed by atoms with E-state index in [1.54, 1.807) is 6.07 Å². The number of anilines is 1. The molecule has 2 aliphatic rings. The summed E-state index contributed by atoms with van der Waals surface area (Å²) in [5.74, 6) is 1.14. The summed E-state index contributed by atoms with van der Waals surface area (Å²) in [5, 5.41) is 12.5. The van der Waals surface area contributed by atoms with E-state index in [0.717, 1.165) is 12.8 Å². The van der Waals surface area contributed by atoms with E-state index in [0.29, 0.717) is 22.5 Å². The van der Waals surface area contributed by atoms with Crippen LogP contribution in [-0.4, -0.2) is 11.0 Å². The molecule has 0 radical (unpaired) electrons. The molecule has 0 saturated heterocycles. The zero-order valence-corrected chi connectivity index (χ0v) is 10.5. The number of allylic oxidation sites excluding steroid dienone is 2. The fourth-order valence-electron chi connectivity index (χ4n) is 2.91. The van der Waals surface area contributed by atoms with Gasteiger partial charge in [-0.15, -0.1) is 0 Å². The first kappa shape index (κ1) is 11.6. The molecule has 0 aromatic heterocycles. The number of hydrogen-bond acceptors (Lipinski definition) is 2. The number of fused-ring (bicyclic) bond motifs is 2. The quantitative estimate of drug-likeness (QED) is 0.636. The lowest BCUT2D eigenvalue weighted by Crippen LogP contribution is -2.26. The number of rotatable bonds is 2. The molecule has 2 N–H and O–H groups in total. The summed E-state index contributed by atoms with van der Waals surface area (Å²) in [7, 11) is 0. The van der Waals surface area contributed by atoms with E-state index in [1.165, 1.54) is 12.1 Å². The van der Waals surface area contributed by atoms with E-state index < -0.39 is 0 Å². The number of benzene rings is 1. The Hall–Kier alpha value is -1.48. The minimum Gasteiger partial charge on any atom is -0.508 e. The van der Waals surface area contributed by atoms with Crippen molar-refractivity contribution < 1.29 is 9.90 Å². The van der Waals surface area contributed by atoms with Gasteiger partial charge >= 0.3 is 0 Å². The van der Waals surface area contributed by atoms with Crippen LogP contribution in [0.2, 0.25) is 5.02 Å². The molecule has 3 rings (SSSR count). The lowest BCUT2D eigenvalue weighted by Gasteiger charge is -2.18. The summed E-state index contributed by atoms with van der Waals surface area (Å²) in [4.78, 5) is 12.2. The van der Waals surface area contributed by atoms with Gasteiger partial charge in [-0.05, 0) is 36.8 Å². The standard InChI is InChI=1S/C14H14ClNO2/c15-12-7-10(17)3-4-13(12)16-14(18)11-6-8-1-2-9(11)5-8/h1-4,7-9,11,17H,5-6H2,(H,16,18). The molecule has 4 heteroatoms. The van der Waals surface area contributed by atoms with Crippen molar-refractivity contribution in [2.45, 2.75) is 12.8 Å². The number of nitrogens with one attached hydrogen (secondary N) is 1. The molecule has 18 heavy (non-hydrogen) atoms.